The predicted molar refractivity (Wildman–Crippen MR) is 80.1 cm³/mol. The summed E-state index contributed by atoms with van der Waals surface area (Å²) in [6.07, 6.45) is 5.28. The summed E-state index contributed by atoms with van der Waals surface area (Å²) < 4.78 is 0. The predicted octanol–water partition coefficient (Wildman–Crippen LogP) is 1.47. The molecule has 2 N–H and O–H groups in total. The minimum atomic E-state index is -0.226. The van der Waals surface area contributed by atoms with Gasteiger partial charge in [-0.15, -0.1) is 11.3 Å². The van der Waals surface area contributed by atoms with E-state index in [9.17, 15) is 9.59 Å². The first-order valence-electron chi connectivity index (χ1n) is 7.28. The molecule has 0 fully saturated rings. The van der Waals surface area contributed by atoms with Gasteiger partial charge in [-0.3, -0.25) is 9.59 Å². The zero-order valence-corrected chi connectivity index (χ0v) is 12.8. The lowest BCUT2D eigenvalue weighted by Crippen LogP contribution is -2.37. The molecule has 7 heteroatoms. The average Bonchev–Trinajstić information content (AvgIpc) is 2.92. The monoisotopic (exact) mass is 306 g/mol. The summed E-state index contributed by atoms with van der Waals surface area (Å²) in [7, 11) is 0. The highest BCUT2D eigenvalue weighted by molar-refractivity contribution is 7.11. The van der Waals surface area contributed by atoms with Gasteiger partial charge in [-0.1, -0.05) is 0 Å². The Morgan fingerprint density at radius 1 is 1.29 bits per heavy atom. The number of hydrazone groups is 1. The average molecular weight is 306 g/mol. The van der Waals surface area contributed by atoms with E-state index < -0.39 is 0 Å². The molecule has 0 aromatic carbocycles. The second-order valence-electron chi connectivity index (χ2n) is 5.42. The number of nitrogens with zero attached hydrogens (tertiary/aromatic N) is 2. The molecule has 0 saturated carbocycles. The van der Waals surface area contributed by atoms with Crippen molar-refractivity contribution in [2.45, 2.75) is 51.5 Å². The molecule has 0 bridgehead atoms. The van der Waals surface area contributed by atoms with Gasteiger partial charge in [0.05, 0.1) is 11.7 Å². The van der Waals surface area contributed by atoms with Crippen LogP contribution in [0.15, 0.2) is 5.10 Å². The van der Waals surface area contributed by atoms with Crippen molar-refractivity contribution >= 4 is 28.9 Å². The Morgan fingerprint density at radius 2 is 2.10 bits per heavy atom. The first-order valence-corrected chi connectivity index (χ1v) is 8.10. The van der Waals surface area contributed by atoms with Gasteiger partial charge in [-0.2, -0.15) is 5.10 Å². The van der Waals surface area contributed by atoms with Crippen molar-refractivity contribution < 1.29 is 9.59 Å². The molecule has 0 saturated heterocycles. The van der Waals surface area contributed by atoms with Crippen molar-refractivity contribution in [1.82, 2.24) is 15.7 Å². The van der Waals surface area contributed by atoms with Crippen LogP contribution in [0.2, 0.25) is 0 Å². The summed E-state index contributed by atoms with van der Waals surface area (Å²) in [6.45, 7) is 1.93. The number of hydrogen-bond donors (Lipinski definition) is 2. The maximum absolute atomic E-state index is 12.1. The molecule has 2 heterocycles. The number of rotatable bonds is 3. The van der Waals surface area contributed by atoms with Crippen LogP contribution >= 0.6 is 11.3 Å². The third kappa shape index (κ3) is 3.12. The van der Waals surface area contributed by atoms with Gasteiger partial charge in [0.1, 0.15) is 10.7 Å². The topological polar surface area (TPSA) is 83.5 Å². The second kappa shape index (κ2) is 5.93. The Kier molecular flexibility index (Phi) is 4.01. The number of carbonyl (C=O) groups excluding carboxylic acids is 2. The molecule has 0 spiro atoms. The molecule has 1 atom stereocenters. The van der Waals surface area contributed by atoms with Gasteiger partial charge in [0, 0.05) is 17.7 Å². The van der Waals surface area contributed by atoms with Crippen LogP contribution in [0, 0.1) is 0 Å². The smallest absolute Gasteiger partial charge is 0.268 e. The third-order valence-electron chi connectivity index (χ3n) is 3.75. The first-order chi connectivity index (χ1) is 10.1. The molecule has 2 amide bonds. The van der Waals surface area contributed by atoms with Crippen LogP contribution < -0.4 is 10.7 Å². The summed E-state index contributed by atoms with van der Waals surface area (Å²) in [4.78, 5) is 29.2. The highest BCUT2D eigenvalue weighted by atomic mass is 32.1. The Labute approximate surface area is 127 Å². The number of hydrogen-bond acceptors (Lipinski definition) is 5. The van der Waals surface area contributed by atoms with E-state index in [0.717, 1.165) is 17.8 Å². The molecule has 1 unspecified atom stereocenters. The van der Waals surface area contributed by atoms with Crippen LogP contribution in [0.4, 0.5) is 0 Å². The van der Waals surface area contributed by atoms with Crippen molar-refractivity contribution in [3.05, 3.63) is 15.6 Å². The zero-order chi connectivity index (χ0) is 14.8. The summed E-state index contributed by atoms with van der Waals surface area (Å²) in [5, 5.41) is 7.68. The van der Waals surface area contributed by atoms with E-state index in [1.807, 2.05) is 6.92 Å². The number of aromatic nitrogens is 1. The van der Waals surface area contributed by atoms with Crippen LogP contribution in [-0.2, 0) is 22.4 Å². The van der Waals surface area contributed by atoms with Gasteiger partial charge >= 0.3 is 0 Å². The third-order valence-corrected chi connectivity index (χ3v) is 5.09. The van der Waals surface area contributed by atoms with Crippen LogP contribution in [0.3, 0.4) is 0 Å². The highest BCUT2D eigenvalue weighted by Crippen LogP contribution is 2.29. The molecule has 1 aromatic rings. The molecular weight excluding hydrogens is 288 g/mol. The fourth-order valence-corrected chi connectivity index (χ4v) is 3.69. The molecule has 1 aliphatic heterocycles. The van der Waals surface area contributed by atoms with Gasteiger partial charge in [0.2, 0.25) is 5.91 Å². The van der Waals surface area contributed by atoms with Crippen LogP contribution in [0.1, 0.15) is 54.2 Å². The molecule has 0 radical (unpaired) electrons. The van der Waals surface area contributed by atoms with Gasteiger partial charge in [-0.05, 0) is 32.6 Å². The standard InChI is InChI=1S/C14H18N4O2S/c1-8(14-16-9-4-2-3-5-11(9)21-14)15-13(20)10-6-7-12(19)18-17-10/h8H,2-7H2,1H3,(H,15,20)(H,18,19). The van der Waals surface area contributed by atoms with E-state index in [2.05, 4.69) is 20.8 Å². The van der Waals surface area contributed by atoms with Gasteiger partial charge in [-0.25, -0.2) is 10.4 Å². The van der Waals surface area contributed by atoms with Gasteiger partial charge < -0.3 is 5.32 Å². The van der Waals surface area contributed by atoms with Crippen LogP contribution in [0.5, 0.6) is 0 Å². The van der Waals surface area contributed by atoms with E-state index in [-0.39, 0.29) is 17.9 Å². The maximum Gasteiger partial charge on any atom is 0.268 e. The Balaban J connectivity index is 1.65. The molecule has 2 aliphatic rings. The zero-order valence-electron chi connectivity index (χ0n) is 11.9. The normalized spacial score (nSPS) is 19.3. The van der Waals surface area contributed by atoms with E-state index >= 15 is 0 Å². The number of thiazole rings is 1. The van der Waals surface area contributed by atoms with Crippen molar-refractivity contribution in [2.75, 3.05) is 0 Å². The van der Waals surface area contributed by atoms with Crippen LogP contribution in [0.25, 0.3) is 0 Å². The summed E-state index contributed by atoms with van der Waals surface area (Å²) in [5.74, 6) is -0.372. The summed E-state index contributed by atoms with van der Waals surface area (Å²) >= 11 is 1.70. The first kappa shape index (κ1) is 14.2. The SMILES string of the molecule is CC(NC(=O)C1=NNC(=O)CC1)c1nc2c(s1)CCCC2. The Morgan fingerprint density at radius 3 is 2.81 bits per heavy atom. The Hall–Kier alpha value is -1.76. The molecule has 1 aliphatic carbocycles. The summed E-state index contributed by atoms with van der Waals surface area (Å²) in [6, 6.07) is -0.131. The number of carbonyl (C=O) groups is 2. The number of nitrogens with one attached hydrogen (secondary N) is 2. The van der Waals surface area contributed by atoms with Crippen molar-refractivity contribution in [2.24, 2.45) is 5.10 Å². The van der Waals surface area contributed by atoms with Crippen molar-refractivity contribution in [3.8, 4) is 0 Å². The lowest BCUT2D eigenvalue weighted by atomic mass is 10.0. The minimum Gasteiger partial charge on any atom is -0.342 e. The second-order valence-corrected chi connectivity index (χ2v) is 6.53. The molecule has 1 aromatic heterocycles. The Bertz CT molecular complexity index is 585. The number of aryl methyl sites for hydroxylation is 2. The molecule has 3 rings (SSSR count). The summed E-state index contributed by atoms with van der Waals surface area (Å²) in [5.41, 5.74) is 3.92. The fourth-order valence-electron chi connectivity index (χ4n) is 2.54. The number of amides is 2. The van der Waals surface area contributed by atoms with Gasteiger partial charge in [0.25, 0.3) is 5.91 Å². The molecule has 6 nitrogen and oxygen atoms in total. The quantitative estimate of drug-likeness (QED) is 0.887. The van der Waals surface area contributed by atoms with Crippen molar-refractivity contribution in [3.63, 3.8) is 0 Å². The van der Waals surface area contributed by atoms with E-state index in [0.29, 0.717) is 18.6 Å². The largest absolute Gasteiger partial charge is 0.342 e. The molecule has 21 heavy (non-hydrogen) atoms. The molecule has 112 valence electrons. The van der Waals surface area contributed by atoms with E-state index in [1.165, 1.54) is 23.4 Å². The lowest BCUT2D eigenvalue weighted by Gasteiger charge is -2.15. The van der Waals surface area contributed by atoms with Gasteiger partial charge in [0.15, 0.2) is 0 Å². The van der Waals surface area contributed by atoms with E-state index in [1.54, 1.807) is 11.3 Å². The lowest BCUT2D eigenvalue weighted by molar-refractivity contribution is -0.121. The van der Waals surface area contributed by atoms with Crippen LogP contribution in [-0.4, -0.2) is 22.5 Å². The van der Waals surface area contributed by atoms with Crippen molar-refractivity contribution in [1.29, 1.82) is 0 Å². The molecular formula is C14H18N4O2S. The van der Waals surface area contributed by atoms with E-state index in [4.69, 9.17) is 0 Å². The highest BCUT2D eigenvalue weighted by Gasteiger charge is 2.23. The minimum absolute atomic E-state index is 0.131. The number of fused-ring (bicyclic) bond motifs is 1. The maximum atomic E-state index is 12.1. The fraction of sp³-hybridized carbons (Fsp3) is 0.571.